The molecule has 2 heteroatoms. The Balaban J connectivity index is 2.43. The predicted octanol–water partition coefficient (Wildman–Crippen LogP) is 1.85. The third-order valence-electron chi connectivity index (χ3n) is 3.31. The molecule has 0 saturated heterocycles. The van der Waals surface area contributed by atoms with Crippen LogP contribution in [0.3, 0.4) is 0 Å². The van der Waals surface area contributed by atoms with Crippen LogP contribution in [0.15, 0.2) is 0 Å². The SMILES string of the molecule is CCCN(C)C1CCCCC1CN. The molecule has 0 heterocycles. The highest BCUT2D eigenvalue weighted by Gasteiger charge is 2.26. The summed E-state index contributed by atoms with van der Waals surface area (Å²) in [6.07, 6.45) is 6.74. The molecule has 0 spiro atoms. The maximum Gasteiger partial charge on any atom is 0.0132 e. The van der Waals surface area contributed by atoms with Crippen molar-refractivity contribution in [2.24, 2.45) is 11.7 Å². The molecule has 2 unspecified atom stereocenters. The van der Waals surface area contributed by atoms with E-state index in [4.69, 9.17) is 5.73 Å². The van der Waals surface area contributed by atoms with Gasteiger partial charge < -0.3 is 10.6 Å². The minimum absolute atomic E-state index is 0.755. The van der Waals surface area contributed by atoms with E-state index >= 15 is 0 Å². The van der Waals surface area contributed by atoms with Crippen molar-refractivity contribution in [2.45, 2.75) is 45.1 Å². The third-order valence-corrected chi connectivity index (χ3v) is 3.31. The first-order chi connectivity index (χ1) is 6.29. The van der Waals surface area contributed by atoms with Crippen molar-refractivity contribution >= 4 is 0 Å². The van der Waals surface area contributed by atoms with Gasteiger partial charge in [-0.2, -0.15) is 0 Å². The molecule has 78 valence electrons. The second-order valence-electron chi connectivity index (χ2n) is 4.33. The van der Waals surface area contributed by atoms with E-state index in [1.807, 2.05) is 0 Å². The van der Waals surface area contributed by atoms with Crippen LogP contribution in [0.5, 0.6) is 0 Å². The van der Waals surface area contributed by atoms with Crippen molar-refractivity contribution in [3.05, 3.63) is 0 Å². The lowest BCUT2D eigenvalue weighted by Crippen LogP contribution is -2.43. The second-order valence-corrected chi connectivity index (χ2v) is 4.33. The summed E-state index contributed by atoms with van der Waals surface area (Å²) in [6, 6.07) is 0.763. The lowest BCUT2D eigenvalue weighted by molar-refractivity contribution is 0.134. The quantitative estimate of drug-likeness (QED) is 0.722. The van der Waals surface area contributed by atoms with Crippen molar-refractivity contribution in [3.8, 4) is 0 Å². The van der Waals surface area contributed by atoms with E-state index < -0.39 is 0 Å². The molecule has 2 nitrogen and oxygen atoms in total. The molecule has 0 bridgehead atoms. The Morgan fingerprint density at radius 1 is 1.31 bits per heavy atom. The van der Waals surface area contributed by atoms with E-state index in [0.717, 1.165) is 18.5 Å². The van der Waals surface area contributed by atoms with E-state index in [1.165, 1.54) is 38.6 Å². The molecule has 1 aliphatic carbocycles. The number of nitrogens with two attached hydrogens (primary N) is 1. The second kappa shape index (κ2) is 5.61. The fraction of sp³-hybridized carbons (Fsp3) is 1.00. The van der Waals surface area contributed by atoms with Crippen LogP contribution in [-0.2, 0) is 0 Å². The molecule has 0 aromatic carbocycles. The summed E-state index contributed by atoms with van der Waals surface area (Å²) in [5, 5.41) is 0. The average Bonchev–Trinajstić information content (AvgIpc) is 2.18. The highest BCUT2D eigenvalue weighted by atomic mass is 15.1. The number of hydrogen-bond acceptors (Lipinski definition) is 2. The summed E-state index contributed by atoms with van der Waals surface area (Å²) in [7, 11) is 2.25. The normalized spacial score (nSPS) is 29.5. The van der Waals surface area contributed by atoms with Crippen molar-refractivity contribution in [1.29, 1.82) is 0 Å². The molecule has 0 aliphatic heterocycles. The van der Waals surface area contributed by atoms with E-state index in [2.05, 4.69) is 18.9 Å². The Bertz CT molecular complexity index is 136. The van der Waals surface area contributed by atoms with Crippen molar-refractivity contribution in [2.75, 3.05) is 20.1 Å². The van der Waals surface area contributed by atoms with Gasteiger partial charge in [-0.3, -0.25) is 0 Å². The first kappa shape index (κ1) is 11.0. The Morgan fingerprint density at radius 2 is 2.00 bits per heavy atom. The standard InChI is InChI=1S/C11H24N2/c1-3-8-13(2)11-7-5-4-6-10(11)9-12/h10-11H,3-9,12H2,1-2H3. The van der Waals surface area contributed by atoms with Crippen LogP contribution in [0.1, 0.15) is 39.0 Å². The van der Waals surface area contributed by atoms with Crippen LogP contribution in [-0.4, -0.2) is 31.1 Å². The molecule has 1 rings (SSSR count). The summed E-state index contributed by atoms with van der Waals surface area (Å²) in [5.74, 6) is 0.755. The fourth-order valence-corrected chi connectivity index (χ4v) is 2.56. The summed E-state index contributed by atoms with van der Waals surface area (Å²) in [6.45, 7) is 4.34. The lowest BCUT2D eigenvalue weighted by Gasteiger charge is -2.37. The Hall–Kier alpha value is -0.0800. The van der Waals surface area contributed by atoms with Gasteiger partial charge in [0.1, 0.15) is 0 Å². The van der Waals surface area contributed by atoms with Crippen LogP contribution in [0.2, 0.25) is 0 Å². The van der Waals surface area contributed by atoms with Gasteiger partial charge in [0.2, 0.25) is 0 Å². The summed E-state index contributed by atoms with van der Waals surface area (Å²) < 4.78 is 0. The highest BCUT2D eigenvalue weighted by Crippen LogP contribution is 2.26. The Labute approximate surface area is 82.5 Å². The fourth-order valence-electron chi connectivity index (χ4n) is 2.56. The van der Waals surface area contributed by atoms with Gasteiger partial charge in [0, 0.05) is 6.04 Å². The molecular weight excluding hydrogens is 160 g/mol. The smallest absolute Gasteiger partial charge is 0.0132 e. The average molecular weight is 184 g/mol. The predicted molar refractivity (Wildman–Crippen MR) is 57.7 cm³/mol. The summed E-state index contributed by atoms with van der Waals surface area (Å²) in [4.78, 5) is 2.51. The van der Waals surface area contributed by atoms with Gasteiger partial charge in [0.05, 0.1) is 0 Å². The van der Waals surface area contributed by atoms with E-state index in [-0.39, 0.29) is 0 Å². The monoisotopic (exact) mass is 184 g/mol. The molecule has 1 fully saturated rings. The van der Waals surface area contributed by atoms with Crippen molar-refractivity contribution in [3.63, 3.8) is 0 Å². The van der Waals surface area contributed by atoms with Crippen LogP contribution in [0.4, 0.5) is 0 Å². The molecule has 0 radical (unpaired) electrons. The molecule has 0 aromatic rings. The van der Waals surface area contributed by atoms with E-state index in [9.17, 15) is 0 Å². The lowest BCUT2D eigenvalue weighted by atomic mass is 9.83. The zero-order valence-corrected chi connectivity index (χ0v) is 9.13. The largest absolute Gasteiger partial charge is 0.330 e. The summed E-state index contributed by atoms with van der Waals surface area (Å²) >= 11 is 0. The van der Waals surface area contributed by atoms with Gasteiger partial charge >= 0.3 is 0 Å². The van der Waals surface area contributed by atoms with Crippen LogP contribution >= 0.6 is 0 Å². The molecule has 2 atom stereocenters. The topological polar surface area (TPSA) is 29.3 Å². The number of hydrogen-bond donors (Lipinski definition) is 1. The van der Waals surface area contributed by atoms with E-state index in [0.29, 0.717) is 0 Å². The Kier molecular flexibility index (Phi) is 4.74. The zero-order chi connectivity index (χ0) is 9.68. The molecule has 13 heavy (non-hydrogen) atoms. The Morgan fingerprint density at radius 3 is 2.62 bits per heavy atom. The maximum absolute atomic E-state index is 5.80. The zero-order valence-electron chi connectivity index (χ0n) is 9.13. The number of rotatable bonds is 4. The minimum atomic E-state index is 0.755. The summed E-state index contributed by atoms with van der Waals surface area (Å²) in [5.41, 5.74) is 5.80. The third kappa shape index (κ3) is 2.96. The highest BCUT2D eigenvalue weighted by molar-refractivity contribution is 4.82. The molecule has 1 aliphatic rings. The first-order valence-electron chi connectivity index (χ1n) is 5.70. The maximum atomic E-state index is 5.80. The van der Waals surface area contributed by atoms with Crippen molar-refractivity contribution in [1.82, 2.24) is 4.90 Å². The van der Waals surface area contributed by atoms with Gasteiger partial charge in [-0.1, -0.05) is 19.8 Å². The molecule has 1 saturated carbocycles. The molecular formula is C11H24N2. The molecule has 0 amide bonds. The van der Waals surface area contributed by atoms with Gasteiger partial charge in [-0.15, -0.1) is 0 Å². The first-order valence-corrected chi connectivity index (χ1v) is 5.70. The van der Waals surface area contributed by atoms with Crippen molar-refractivity contribution < 1.29 is 0 Å². The minimum Gasteiger partial charge on any atom is -0.330 e. The van der Waals surface area contributed by atoms with Gasteiger partial charge in [0.25, 0.3) is 0 Å². The van der Waals surface area contributed by atoms with Gasteiger partial charge in [-0.05, 0) is 45.3 Å². The van der Waals surface area contributed by atoms with Crippen LogP contribution in [0.25, 0.3) is 0 Å². The van der Waals surface area contributed by atoms with Gasteiger partial charge in [0.15, 0.2) is 0 Å². The van der Waals surface area contributed by atoms with Crippen LogP contribution in [0, 0.1) is 5.92 Å². The van der Waals surface area contributed by atoms with Crippen LogP contribution < -0.4 is 5.73 Å². The number of nitrogens with zero attached hydrogens (tertiary/aromatic N) is 1. The van der Waals surface area contributed by atoms with E-state index in [1.54, 1.807) is 0 Å². The van der Waals surface area contributed by atoms with Gasteiger partial charge in [-0.25, -0.2) is 0 Å². The molecule has 2 N–H and O–H groups in total. The molecule has 0 aromatic heterocycles.